The Morgan fingerprint density at radius 2 is 2.05 bits per heavy atom. The molecule has 0 bridgehead atoms. The molecule has 1 unspecified atom stereocenters. The van der Waals surface area contributed by atoms with E-state index in [2.05, 4.69) is 5.32 Å². The summed E-state index contributed by atoms with van der Waals surface area (Å²) >= 11 is 17.8. The topological polar surface area (TPSA) is 62.1 Å². The molecule has 1 aromatic carbocycles. The monoisotopic (exact) mass is 348 g/mol. The van der Waals surface area contributed by atoms with E-state index in [1.54, 1.807) is 20.8 Å². The average molecular weight is 350 g/mol. The third kappa shape index (κ3) is 4.96. The first-order valence-corrected chi connectivity index (χ1v) is 7.38. The fourth-order valence-electron chi connectivity index (χ4n) is 1.51. The molecular weight excluding hydrogens is 335 g/mol. The number of carbonyl (C=O) groups excluding carboxylic acids is 1. The van der Waals surface area contributed by atoms with Crippen LogP contribution in [0.15, 0.2) is 12.1 Å². The smallest absolute Gasteiger partial charge is 0.262 e. The van der Waals surface area contributed by atoms with Gasteiger partial charge in [0.2, 0.25) is 0 Å². The zero-order valence-corrected chi connectivity index (χ0v) is 14.1. The molecule has 1 atom stereocenters. The number of nitriles is 1. The lowest BCUT2D eigenvalue weighted by atomic mass is 10.1. The fourth-order valence-corrected chi connectivity index (χ4v) is 2.14. The standard InChI is InChI=1S/C14H15Cl3N2O2/c1-4-10(13(20)19-14(2,3)7-18)21-11-6-8(15)5-9(16)12(11)17/h5-6,10H,4H2,1-3H3,(H,19,20). The highest BCUT2D eigenvalue weighted by Crippen LogP contribution is 2.36. The van der Waals surface area contributed by atoms with Crippen LogP contribution < -0.4 is 10.1 Å². The number of amides is 1. The van der Waals surface area contributed by atoms with Crippen molar-refractivity contribution in [1.29, 1.82) is 5.26 Å². The molecule has 1 N–H and O–H groups in total. The minimum absolute atomic E-state index is 0.187. The predicted molar refractivity (Wildman–Crippen MR) is 84.0 cm³/mol. The van der Waals surface area contributed by atoms with Crippen molar-refractivity contribution >= 4 is 40.7 Å². The molecular formula is C14H15Cl3N2O2. The number of hydrogen-bond donors (Lipinski definition) is 1. The van der Waals surface area contributed by atoms with Gasteiger partial charge in [-0.2, -0.15) is 5.26 Å². The highest BCUT2D eigenvalue weighted by Gasteiger charge is 2.26. The molecule has 4 nitrogen and oxygen atoms in total. The van der Waals surface area contributed by atoms with E-state index in [0.717, 1.165) is 0 Å². The third-order valence-corrected chi connectivity index (χ3v) is 3.61. The molecule has 0 spiro atoms. The minimum atomic E-state index is -0.983. The summed E-state index contributed by atoms with van der Waals surface area (Å²) in [6.45, 7) is 4.98. The van der Waals surface area contributed by atoms with Crippen molar-refractivity contribution < 1.29 is 9.53 Å². The van der Waals surface area contributed by atoms with Crippen molar-refractivity contribution in [1.82, 2.24) is 5.32 Å². The predicted octanol–water partition coefficient (Wildman–Crippen LogP) is 4.22. The van der Waals surface area contributed by atoms with E-state index in [9.17, 15) is 4.79 Å². The second-order valence-corrected chi connectivity index (χ2v) is 6.16. The molecule has 0 fully saturated rings. The second-order valence-electron chi connectivity index (χ2n) is 4.94. The molecule has 21 heavy (non-hydrogen) atoms. The van der Waals surface area contributed by atoms with Gasteiger partial charge >= 0.3 is 0 Å². The Morgan fingerprint density at radius 1 is 1.43 bits per heavy atom. The number of carbonyl (C=O) groups is 1. The number of halogens is 3. The quantitative estimate of drug-likeness (QED) is 0.809. The first kappa shape index (κ1) is 17.9. The lowest BCUT2D eigenvalue weighted by molar-refractivity contribution is -0.129. The first-order valence-electron chi connectivity index (χ1n) is 6.24. The molecule has 7 heteroatoms. The molecule has 1 amide bonds. The van der Waals surface area contributed by atoms with Crippen LogP contribution in [-0.4, -0.2) is 17.6 Å². The number of benzene rings is 1. The summed E-state index contributed by atoms with van der Waals surface area (Å²) in [5, 5.41) is 12.3. The summed E-state index contributed by atoms with van der Waals surface area (Å²) in [5.41, 5.74) is -0.983. The van der Waals surface area contributed by atoms with Gasteiger partial charge in [0.15, 0.2) is 6.10 Å². The molecule has 0 aliphatic heterocycles. The van der Waals surface area contributed by atoms with E-state index in [0.29, 0.717) is 11.4 Å². The second kappa shape index (κ2) is 7.22. The van der Waals surface area contributed by atoms with E-state index >= 15 is 0 Å². The van der Waals surface area contributed by atoms with Crippen LogP contribution in [0.3, 0.4) is 0 Å². The molecule has 114 valence electrons. The highest BCUT2D eigenvalue weighted by molar-refractivity contribution is 6.44. The normalized spacial score (nSPS) is 12.4. The van der Waals surface area contributed by atoms with Gasteiger partial charge in [0.25, 0.3) is 5.91 Å². The number of nitrogens with one attached hydrogen (secondary N) is 1. The van der Waals surface area contributed by atoms with Gasteiger partial charge in [0.1, 0.15) is 16.3 Å². The Bertz CT molecular complexity index is 582. The van der Waals surface area contributed by atoms with Crippen LogP contribution in [0.5, 0.6) is 5.75 Å². The molecule has 0 saturated carbocycles. The van der Waals surface area contributed by atoms with Crippen molar-refractivity contribution in [3.8, 4) is 11.8 Å². The zero-order chi connectivity index (χ0) is 16.2. The lowest BCUT2D eigenvalue weighted by Crippen LogP contribution is -2.48. The Hall–Kier alpha value is -1.15. The lowest BCUT2D eigenvalue weighted by Gasteiger charge is -2.23. The van der Waals surface area contributed by atoms with E-state index in [-0.39, 0.29) is 15.8 Å². The van der Waals surface area contributed by atoms with Gasteiger partial charge < -0.3 is 10.1 Å². The van der Waals surface area contributed by atoms with Crippen molar-refractivity contribution in [2.75, 3.05) is 0 Å². The van der Waals surface area contributed by atoms with Gasteiger partial charge in [0, 0.05) is 11.1 Å². The molecule has 1 aromatic rings. The summed E-state index contributed by atoms with van der Waals surface area (Å²) in [7, 11) is 0. The molecule has 0 aromatic heterocycles. The Morgan fingerprint density at radius 3 is 2.57 bits per heavy atom. The number of nitrogens with zero attached hydrogens (tertiary/aromatic N) is 1. The van der Waals surface area contributed by atoms with Crippen molar-refractivity contribution in [2.45, 2.75) is 38.8 Å². The Balaban J connectivity index is 2.94. The molecule has 0 radical (unpaired) electrons. The minimum Gasteiger partial charge on any atom is -0.479 e. The van der Waals surface area contributed by atoms with Crippen LogP contribution in [-0.2, 0) is 4.79 Å². The summed E-state index contributed by atoms with van der Waals surface area (Å²) in [6.07, 6.45) is -0.405. The van der Waals surface area contributed by atoms with Crippen LogP contribution in [0.1, 0.15) is 27.2 Å². The van der Waals surface area contributed by atoms with E-state index < -0.39 is 17.6 Å². The van der Waals surface area contributed by atoms with Crippen molar-refractivity contribution in [3.63, 3.8) is 0 Å². The van der Waals surface area contributed by atoms with Crippen LogP contribution in [0.2, 0.25) is 15.1 Å². The summed E-state index contributed by atoms with van der Waals surface area (Å²) < 4.78 is 5.59. The maximum atomic E-state index is 12.1. The van der Waals surface area contributed by atoms with E-state index in [1.165, 1.54) is 12.1 Å². The maximum absolute atomic E-state index is 12.1. The number of ether oxygens (including phenoxy) is 1. The maximum Gasteiger partial charge on any atom is 0.262 e. The van der Waals surface area contributed by atoms with Crippen molar-refractivity contribution in [2.24, 2.45) is 0 Å². The SMILES string of the molecule is CCC(Oc1cc(Cl)cc(Cl)c1Cl)C(=O)NC(C)(C)C#N. The Kier molecular flexibility index (Phi) is 6.15. The largest absolute Gasteiger partial charge is 0.479 e. The third-order valence-electron chi connectivity index (χ3n) is 2.61. The van der Waals surface area contributed by atoms with Gasteiger partial charge in [0.05, 0.1) is 11.1 Å². The van der Waals surface area contributed by atoms with E-state index in [4.69, 9.17) is 44.8 Å². The van der Waals surface area contributed by atoms with Gasteiger partial charge in [-0.15, -0.1) is 0 Å². The summed E-state index contributed by atoms with van der Waals surface area (Å²) in [5.74, 6) is -0.179. The summed E-state index contributed by atoms with van der Waals surface area (Å²) in [6, 6.07) is 4.96. The van der Waals surface area contributed by atoms with Gasteiger partial charge in [-0.25, -0.2) is 0 Å². The van der Waals surface area contributed by atoms with Crippen LogP contribution >= 0.6 is 34.8 Å². The highest BCUT2D eigenvalue weighted by atomic mass is 35.5. The summed E-state index contributed by atoms with van der Waals surface area (Å²) in [4.78, 5) is 12.1. The number of hydrogen-bond acceptors (Lipinski definition) is 3. The molecule has 0 aliphatic carbocycles. The van der Waals surface area contributed by atoms with Crippen molar-refractivity contribution in [3.05, 3.63) is 27.2 Å². The van der Waals surface area contributed by atoms with Gasteiger partial charge in [-0.1, -0.05) is 41.7 Å². The molecule has 1 rings (SSSR count). The molecule has 0 saturated heterocycles. The average Bonchev–Trinajstić information content (AvgIpc) is 2.40. The van der Waals surface area contributed by atoms with E-state index in [1.807, 2.05) is 6.07 Å². The van der Waals surface area contributed by atoms with Crippen LogP contribution in [0, 0.1) is 11.3 Å². The van der Waals surface area contributed by atoms with Gasteiger partial charge in [-0.05, 0) is 26.3 Å². The van der Waals surface area contributed by atoms with Crippen LogP contribution in [0.4, 0.5) is 0 Å². The fraction of sp³-hybridized carbons (Fsp3) is 0.429. The van der Waals surface area contributed by atoms with Crippen LogP contribution in [0.25, 0.3) is 0 Å². The molecule has 0 aliphatic rings. The zero-order valence-electron chi connectivity index (χ0n) is 11.8. The number of rotatable bonds is 5. The molecule has 0 heterocycles. The first-order chi connectivity index (χ1) is 9.70. The van der Waals surface area contributed by atoms with Gasteiger partial charge in [-0.3, -0.25) is 4.79 Å². The Labute approximate surface area is 138 Å².